The summed E-state index contributed by atoms with van der Waals surface area (Å²) in [4.78, 5) is 28.3. The second-order valence-electron chi connectivity index (χ2n) is 9.65. The molecule has 1 saturated heterocycles. The van der Waals surface area contributed by atoms with Crippen molar-refractivity contribution in [3.63, 3.8) is 0 Å². The van der Waals surface area contributed by atoms with Crippen molar-refractivity contribution in [1.29, 1.82) is 0 Å². The third-order valence-corrected chi connectivity index (χ3v) is 7.35. The summed E-state index contributed by atoms with van der Waals surface area (Å²) in [6.45, 7) is 6.43. The summed E-state index contributed by atoms with van der Waals surface area (Å²) in [5.41, 5.74) is 4.18. The van der Waals surface area contributed by atoms with Crippen molar-refractivity contribution in [1.82, 2.24) is 25.0 Å². The van der Waals surface area contributed by atoms with Crippen LogP contribution in [0.25, 0.3) is 21.8 Å². The number of carbonyl (C=O) groups is 1. The largest absolute Gasteiger partial charge is 0.352 e. The number of aromatic nitrogens is 3. The van der Waals surface area contributed by atoms with Gasteiger partial charge in [-0.15, -0.1) is 0 Å². The van der Waals surface area contributed by atoms with Gasteiger partial charge in [-0.25, -0.2) is 0 Å². The molecule has 4 aromatic rings. The zero-order chi connectivity index (χ0) is 25.1. The molecule has 0 atom stereocenters. The molecule has 2 N–H and O–H groups in total. The fourth-order valence-electron chi connectivity index (χ4n) is 5.17. The zero-order valence-corrected chi connectivity index (χ0v) is 21.4. The predicted octanol–water partition coefficient (Wildman–Crippen LogP) is 4.69. The van der Waals surface area contributed by atoms with Gasteiger partial charge < -0.3 is 14.8 Å². The Balaban J connectivity index is 1.32. The van der Waals surface area contributed by atoms with E-state index in [0.717, 1.165) is 41.5 Å². The summed E-state index contributed by atoms with van der Waals surface area (Å²) in [7, 11) is 0. The molecule has 0 radical (unpaired) electrons. The number of benzene rings is 2. The van der Waals surface area contributed by atoms with Crippen LogP contribution in [0.3, 0.4) is 0 Å². The number of H-pyrrole nitrogens is 1. The summed E-state index contributed by atoms with van der Waals surface area (Å²) in [6.07, 6.45) is 5.40. The SMILES string of the molecule is Cc1[nH]nc2c1c(=O)n(CCCNC(=O)c1ccc(Cl)cc1)c1ccc(CCCN3CCCC3)cc21. The monoisotopic (exact) mass is 505 g/mol. The van der Waals surface area contributed by atoms with E-state index < -0.39 is 0 Å². The van der Waals surface area contributed by atoms with Crippen LogP contribution in [0, 0.1) is 6.92 Å². The molecular formula is C28H32ClN5O2. The third-order valence-electron chi connectivity index (χ3n) is 7.10. The number of pyridine rings is 1. The standard InChI is InChI=1S/C28H32ClN5O2/c1-19-25-26(32-31-19)23-18-20(6-4-16-33-14-2-3-15-33)7-12-24(23)34(28(25)36)17-5-13-30-27(35)21-8-10-22(29)11-9-21/h7-12,18H,2-6,13-17H2,1H3,(H,30,35)(H,31,32). The average molecular weight is 506 g/mol. The highest BCUT2D eigenvalue weighted by Crippen LogP contribution is 2.25. The van der Waals surface area contributed by atoms with Gasteiger partial charge in [-0.1, -0.05) is 17.7 Å². The molecule has 3 heterocycles. The number of hydrogen-bond donors (Lipinski definition) is 2. The molecule has 7 nitrogen and oxygen atoms in total. The highest BCUT2D eigenvalue weighted by atomic mass is 35.5. The number of rotatable bonds is 9. The first-order chi connectivity index (χ1) is 17.5. The molecule has 0 unspecified atom stereocenters. The molecule has 2 aromatic carbocycles. The van der Waals surface area contributed by atoms with Crippen LogP contribution in [0.4, 0.5) is 0 Å². The van der Waals surface area contributed by atoms with Gasteiger partial charge in [0.1, 0.15) is 5.52 Å². The molecule has 0 bridgehead atoms. The Morgan fingerprint density at radius 1 is 1.08 bits per heavy atom. The van der Waals surface area contributed by atoms with Crippen LogP contribution < -0.4 is 10.9 Å². The fourth-order valence-corrected chi connectivity index (χ4v) is 5.30. The van der Waals surface area contributed by atoms with Crippen molar-refractivity contribution < 1.29 is 4.79 Å². The van der Waals surface area contributed by atoms with E-state index in [1.807, 2.05) is 11.5 Å². The first kappa shape index (κ1) is 24.5. The molecule has 188 valence electrons. The Labute approximate surface area is 215 Å². The Morgan fingerprint density at radius 2 is 1.86 bits per heavy atom. The maximum atomic E-state index is 13.4. The van der Waals surface area contributed by atoms with Crippen LogP contribution in [0.15, 0.2) is 47.3 Å². The first-order valence-electron chi connectivity index (χ1n) is 12.8. The van der Waals surface area contributed by atoms with Gasteiger partial charge in [-0.3, -0.25) is 14.7 Å². The van der Waals surface area contributed by atoms with Gasteiger partial charge in [0.25, 0.3) is 11.5 Å². The minimum absolute atomic E-state index is 0.0467. The smallest absolute Gasteiger partial charge is 0.262 e. The van der Waals surface area contributed by atoms with Crippen LogP contribution in [0.2, 0.25) is 5.02 Å². The molecule has 8 heteroatoms. The van der Waals surface area contributed by atoms with Crippen molar-refractivity contribution in [3.05, 3.63) is 74.7 Å². The lowest BCUT2D eigenvalue weighted by molar-refractivity contribution is 0.0952. The minimum atomic E-state index is -0.149. The summed E-state index contributed by atoms with van der Waals surface area (Å²) in [5, 5.41) is 12.7. The third kappa shape index (κ3) is 5.18. The molecule has 36 heavy (non-hydrogen) atoms. The number of aromatic amines is 1. The van der Waals surface area contributed by atoms with Gasteiger partial charge in [0, 0.05) is 34.8 Å². The molecular weight excluding hydrogens is 474 g/mol. The Morgan fingerprint density at radius 3 is 2.64 bits per heavy atom. The van der Waals surface area contributed by atoms with Gasteiger partial charge in [-0.05, 0) is 101 Å². The maximum absolute atomic E-state index is 13.4. The average Bonchev–Trinajstić information content (AvgIpc) is 3.54. The summed E-state index contributed by atoms with van der Waals surface area (Å²) in [6, 6.07) is 13.2. The van der Waals surface area contributed by atoms with Crippen molar-refractivity contribution in [2.24, 2.45) is 0 Å². The Kier molecular flexibility index (Phi) is 7.39. The van der Waals surface area contributed by atoms with Gasteiger partial charge in [0.2, 0.25) is 0 Å². The normalized spacial score (nSPS) is 14.2. The first-order valence-corrected chi connectivity index (χ1v) is 13.2. The van der Waals surface area contributed by atoms with Crippen molar-refractivity contribution in [2.75, 3.05) is 26.2 Å². The maximum Gasteiger partial charge on any atom is 0.262 e. The van der Waals surface area contributed by atoms with Gasteiger partial charge in [0.05, 0.1) is 10.9 Å². The lowest BCUT2D eigenvalue weighted by atomic mass is 10.0. The molecule has 1 aliphatic rings. The number of hydrogen-bond acceptors (Lipinski definition) is 4. The summed E-state index contributed by atoms with van der Waals surface area (Å²) < 4.78 is 1.82. The molecule has 0 saturated carbocycles. The number of fused-ring (bicyclic) bond motifs is 3. The predicted molar refractivity (Wildman–Crippen MR) is 145 cm³/mol. The second kappa shape index (κ2) is 10.8. The number of amides is 1. The van der Waals surface area contributed by atoms with E-state index in [9.17, 15) is 9.59 Å². The molecule has 1 aliphatic heterocycles. The van der Waals surface area contributed by atoms with Crippen LogP contribution in [0.5, 0.6) is 0 Å². The Hall–Kier alpha value is -3.16. The van der Waals surface area contributed by atoms with Crippen LogP contribution in [-0.2, 0) is 13.0 Å². The van der Waals surface area contributed by atoms with Gasteiger partial charge in [0.15, 0.2) is 0 Å². The molecule has 1 amide bonds. The number of carbonyl (C=O) groups excluding carboxylic acids is 1. The number of nitrogens with zero attached hydrogens (tertiary/aromatic N) is 3. The van der Waals surface area contributed by atoms with E-state index in [4.69, 9.17) is 11.6 Å². The van der Waals surface area contributed by atoms with E-state index in [1.165, 1.54) is 31.5 Å². The molecule has 2 aromatic heterocycles. The summed E-state index contributed by atoms with van der Waals surface area (Å²) in [5.74, 6) is -0.149. The second-order valence-corrected chi connectivity index (χ2v) is 10.1. The number of aryl methyl sites for hydroxylation is 3. The molecule has 0 spiro atoms. The number of nitrogens with one attached hydrogen (secondary N) is 2. The summed E-state index contributed by atoms with van der Waals surface area (Å²) >= 11 is 5.91. The highest BCUT2D eigenvalue weighted by molar-refractivity contribution is 6.30. The topological polar surface area (TPSA) is 83.0 Å². The highest BCUT2D eigenvalue weighted by Gasteiger charge is 2.16. The number of halogens is 1. The Bertz CT molecular complexity index is 1430. The van der Waals surface area contributed by atoms with E-state index >= 15 is 0 Å². The lowest BCUT2D eigenvalue weighted by Gasteiger charge is -2.15. The lowest BCUT2D eigenvalue weighted by Crippen LogP contribution is -2.27. The van der Waals surface area contributed by atoms with E-state index in [2.05, 4.69) is 38.6 Å². The fraction of sp³-hybridized carbons (Fsp3) is 0.393. The molecule has 0 aliphatic carbocycles. The van der Waals surface area contributed by atoms with Crippen LogP contribution in [0.1, 0.15) is 47.3 Å². The number of likely N-dealkylation sites (tertiary alicyclic amines) is 1. The minimum Gasteiger partial charge on any atom is -0.352 e. The van der Waals surface area contributed by atoms with Gasteiger partial charge >= 0.3 is 0 Å². The van der Waals surface area contributed by atoms with Crippen molar-refractivity contribution in [2.45, 2.75) is 45.6 Å². The van der Waals surface area contributed by atoms with E-state index in [-0.39, 0.29) is 11.5 Å². The van der Waals surface area contributed by atoms with Crippen LogP contribution in [-0.4, -0.2) is 51.8 Å². The molecule has 1 fully saturated rings. The quantitative estimate of drug-likeness (QED) is 0.323. The molecule has 5 rings (SSSR count). The van der Waals surface area contributed by atoms with E-state index in [1.54, 1.807) is 24.3 Å². The van der Waals surface area contributed by atoms with Crippen molar-refractivity contribution >= 4 is 39.3 Å². The van der Waals surface area contributed by atoms with Gasteiger partial charge in [-0.2, -0.15) is 5.10 Å². The van der Waals surface area contributed by atoms with Crippen molar-refractivity contribution in [3.8, 4) is 0 Å². The van der Waals surface area contributed by atoms with E-state index in [0.29, 0.717) is 35.5 Å². The zero-order valence-electron chi connectivity index (χ0n) is 20.6. The van der Waals surface area contributed by atoms with Crippen LogP contribution >= 0.6 is 11.6 Å².